The van der Waals surface area contributed by atoms with Crippen molar-refractivity contribution < 1.29 is 13.9 Å². The van der Waals surface area contributed by atoms with Gasteiger partial charge in [0.25, 0.3) is 5.89 Å². The highest BCUT2D eigenvalue weighted by atomic mass is 16.5. The first-order valence-corrected chi connectivity index (χ1v) is 6.01. The fourth-order valence-electron chi connectivity index (χ4n) is 1.72. The van der Waals surface area contributed by atoms with E-state index in [-0.39, 0.29) is 6.04 Å². The second kappa shape index (κ2) is 5.71. The molecule has 0 amide bonds. The van der Waals surface area contributed by atoms with Crippen LogP contribution in [0.1, 0.15) is 25.3 Å². The number of nitrogens with two attached hydrogens (primary N) is 1. The van der Waals surface area contributed by atoms with Crippen molar-refractivity contribution >= 4 is 0 Å². The minimum atomic E-state index is -0.252. The molecule has 1 aromatic carbocycles. The van der Waals surface area contributed by atoms with E-state index in [0.717, 1.165) is 6.42 Å². The Morgan fingerprint density at radius 3 is 2.68 bits per heavy atom. The Morgan fingerprint density at radius 2 is 2.05 bits per heavy atom. The van der Waals surface area contributed by atoms with Gasteiger partial charge in [-0.2, -0.15) is 0 Å². The number of rotatable bonds is 5. The maximum Gasteiger partial charge on any atom is 0.251 e. The molecule has 1 atom stereocenters. The molecule has 0 spiro atoms. The van der Waals surface area contributed by atoms with Crippen molar-refractivity contribution in [3.63, 3.8) is 0 Å². The minimum Gasteiger partial charge on any atom is -0.493 e. The Hall–Kier alpha value is -2.08. The van der Waals surface area contributed by atoms with Crippen LogP contribution >= 0.6 is 0 Å². The van der Waals surface area contributed by atoms with Crippen molar-refractivity contribution in [2.45, 2.75) is 19.4 Å². The number of para-hydroxylation sites is 1. The SMILES string of the molecule is CCC(N)c1nnc(-c2cccc(OC)c2OC)o1. The van der Waals surface area contributed by atoms with Gasteiger partial charge in [-0.3, -0.25) is 0 Å². The molecule has 6 heteroatoms. The van der Waals surface area contributed by atoms with Crippen molar-refractivity contribution in [1.29, 1.82) is 0 Å². The average Bonchev–Trinajstić information content (AvgIpc) is 2.95. The van der Waals surface area contributed by atoms with Crippen LogP contribution in [-0.2, 0) is 0 Å². The van der Waals surface area contributed by atoms with Crippen LogP contribution in [0.2, 0.25) is 0 Å². The van der Waals surface area contributed by atoms with Gasteiger partial charge in [-0.25, -0.2) is 0 Å². The molecule has 102 valence electrons. The van der Waals surface area contributed by atoms with Gasteiger partial charge in [-0.05, 0) is 18.6 Å². The zero-order chi connectivity index (χ0) is 13.8. The van der Waals surface area contributed by atoms with Crippen molar-refractivity contribution in [2.24, 2.45) is 5.73 Å². The lowest BCUT2D eigenvalue weighted by atomic mass is 10.2. The third-order valence-corrected chi connectivity index (χ3v) is 2.83. The van der Waals surface area contributed by atoms with Crippen molar-refractivity contribution in [1.82, 2.24) is 10.2 Å². The molecule has 1 aromatic heterocycles. The number of ether oxygens (including phenoxy) is 2. The third-order valence-electron chi connectivity index (χ3n) is 2.83. The van der Waals surface area contributed by atoms with E-state index in [4.69, 9.17) is 19.6 Å². The number of methoxy groups -OCH3 is 2. The van der Waals surface area contributed by atoms with Crippen LogP contribution in [0.15, 0.2) is 22.6 Å². The quantitative estimate of drug-likeness (QED) is 0.890. The summed E-state index contributed by atoms with van der Waals surface area (Å²) in [5.74, 6) is 1.96. The lowest BCUT2D eigenvalue weighted by molar-refractivity contribution is 0.354. The average molecular weight is 263 g/mol. The zero-order valence-electron chi connectivity index (χ0n) is 11.2. The van der Waals surface area contributed by atoms with Gasteiger partial charge < -0.3 is 19.6 Å². The van der Waals surface area contributed by atoms with Crippen LogP contribution in [0.4, 0.5) is 0 Å². The Labute approximate surface area is 111 Å². The van der Waals surface area contributed by atoms with Crippen LogP contribution < -0.4 is 15.2 Å². The van der Waals surface area contributed by atoms with Gasteiger partial charge in [0.1, 0.15) is 0 Å². The van der Waals surface area contributed by atoms with Gasteiger partial charge in [-0.1, -0.05) is 13.0 Å². The molecule has 0 aliphatic heterocycles. The molecule has 2 aromatic rings. The van der Waals surface area contributed by atoms with Crippen LogP contribution in [0, 0.1) is 0 Å². The summed E-state index contributed by atoms with van der Waals surface area (Å²) in [5, 5.41) is 7.96. The first-order valence-electron chi connectivity index (χ1n) is 6.01. The van der Waals surface area contributed by atoms with E-state index in [0.29, 0.717) is 28.8 Å². The Bertz CT molecular complexity index is 554. The molecule has 2 N–H and O–H groups in total. The molecule has 6 nitrogen and oxygen atoms in total. The number of aromatic nitrogens is 2. The summed E-state index contributed by atoms with van der Waals surface area (Å²) in [4.78, 5) is 0. The molecule has 0 aliphatic rings. The minimum absolute atomic E-state index is 0.252. The van der Waals surface area contributed by atoms with E-state index >= 15 is 0 Å². The van der Waals surface area contributed by atoms with E-state index in [1.54, 1.807) is 20.3 Å². The summed E-state index contributed by atoms with van der Waals surface area (Å²) in [5.41, 5.74) is 6.54. The molecule has 0 saturated carbocycles. The number of hydrogen-bond acceptors (Lipinski definition) is 6. The highest BCUT2D eigenvalue weighted by Gasteiger charge is 2.18. The van der Waals surface area contributed by atoms with Crippen LogP contribution in [0.25, 0.3) is 11.5 Å². The molecular formula is C13H17N3O3. The highest BCUT2D eigenvalue weighted by molar-refractivity contribution is 5.67. The first kappa shape index (κ1) is 13.4. The van der Waals surface area contributed by atoms with E-state index in [1.165, 1.54) is 0 Å². The van der Waals surface area contributed by atoms with Gasteiger partial charge in [0.15, 0.2) is 11.5 Å². The second-order valence-corrected chi connectivity index (χ2v) is 4.00. The van der Waals surface area contributed by atoms with Crippen LogP contribution in [-0.4, -0.2) is 24.4 Å². The number of hydrogen-bond donors (Lipinski definition) is 1. The number of benzene rings is 1. The predicted octanol–water partition coefficient (Wildman–Crippen LogP) is 2.16. The highest BCUT2D eigenvalue weighted by Crippen LogP contribution is 2.37. The van der Waals surface area contributed by atoms with E-state index in [2.05, 4.69) is 10.2 Å². The summed E-state index contributed by atoms with van der Waals surface area (Å²) >= 11 is 0. The molecule has 1 unspecified atom stereocenters. The molecule has 19 heavy (non-hydrogen) atoms. The summed E-state index contributed by atoms with van der Waals surface area (Å²) in [6.45, 7) is 1.96. The van der Waals surface area contributed by atoms with Gasteiger partial charge in [0.2, 0.25) is 5.89 Å². The molecular weight excluding hydrogens is 246 g/mol. The molecule has 0 aliphatic carbocycles. The maximum atomic E-state index is 5.86. The van der Waals surface area contributed by atoms with E-state index < -0.39 is 0 Å². The lowest BCUT2D eigenvalue weighted by Gasteiger charge is -2.09. The standard InChI is InChI=1S/C13H17N3O3/c1-4-9(14)13-16-15-12(19-13)8-6-5-7-10(17-2)11(8)18-3/h5-7,9H,4,14H2,1-3H3. The van der Waals surface area contributed by atoms with E-state index in [1.807, 2.05) is 19.1 Å². The van der Waals surface area contributed by atoms with Gasteiger partial charge in [0.05, 0.1) is 25.8 Å². The van der Waals surface area contributed by atoms with Crippen molar-refractivity contribution in [3.8, 4) is 23.0 Å². The normalized spacial score (nSPS) is 12.2. The fraction of sp³-hybridized carbons (Fsp3) is 0.385. The molecule has 0 radical (unpaired) electrons. The van der Waals surface area contributed by atoms with Gasteiger partial charge in [-0.15, -0.1) is 10.2 Å². The Morgan fingerprint density at radius 1 is 1.26 bits per heavy atom. The summed E-state index contributed by atoms with van der Waals surface area (Å²) < 4.78 is 16.1. The topological polar surface area (TPSA) is 83.4 Å². The molecule has 0 bridgehead atoms. The fourth-order valence-corrected chi connectivity index (χ4v) is 1.72. The monoisotopic (exact) mass is 263 g/mol. The number of nitrogens with zero attached hydrogens (tertiary/aromatic N) is 2. The van der Waals surface area contributed by atoms with E-state index in [9.17, 15) is 0 Å². The van der Waals surface area contributed by atoms with Crippen molar-refractivity contribution in [2.75, 3.05) is 14.2 Å². The van der Waals surface area contributed by atoms with Gasteiger partial charge >= 0.3 is 0 Å². The molecule has 2 rings (SSSR count). The first-order chi connectivity index (χ1) is 9.21. The molecule has 0 saturated heterocycles. The van der Waals surface area contributed by atoms with Crippen LogP contribution in [0.3, 0.4) is 0 Å². The molecule has 1 heterocycles. The summed E-state index contributed by atoms with van der Waals surface area (Å²) in [6.07, 6.45) is 0.733. The Kier molecular flexibility index (Phi) is 4.01. The summed E-state index contributed by atoms with van der Waals surface area (Å²) in [7, 11) is 3.14. The third kappa shape index (κ3) is 2.53. The second-order valence-electron chi connectivity index (χ2n) is 4.00. The van der Waals surface area contributed by atoms with Crippen molar-refractivity contribution in [3.05, 3.63) is 24.1 Å². The predicted molar refractivity (Wildman–Crippen MR) is 70.1 cm³/mol. The van der Waals surface area contributed by atoms with Crippen LogP contribution in [0.5, 0.6) is 11.5 Å². The Balaban J connectivity index is 2.44. The smallest absolute Gasteiger partial charge is 0.251 e. The lowest BCUT2D eigenvalue weighted by Crippen LogP contribution is -2.08. The molecule has 0 fully saturated rings. The summed E-state index contributed by atoms with van der Waals surface area (Å²) in [6, 6.07) is 5.21. The maximum absolute atomic E-state index is 5.86. The van der Waals surface area contributed by atoms with Gasteiger partial charge in [0, 0.05) is 0 Å². The largest absolute Gasteiger partial charge is 0.493 e. The zero-order valence-corrected chi connectivity index (χ0v) is 11.2.